The van der Waals surface area contributed by atoms with Crippen LogP contribution in [0.25, 0.3) is 6.08 Å². The van der Waals surface area contributed by atoms with Crippen LogP contribution in [0.3, 0.4) is 0 Å². The number of ketones is 1. The van der Waals surface area contributed by atoms with E-state index in [0.29, 0.717) is 12.2 Å². The van der Waals surface area contributed by atoms with Gasteiger partial charge in [-0.2, -0.15) is 0 Å². The Labute approximate surface area is 117 Å². The van der Waals surface area contributed by atoms with E-state index in [9.17, 15) is 4.79 Å². The maximum atomic E-state index is 12.3. The van der Waals surface area contributed by atoms with Crippen LogP contribution in [0.2, 0.25) is 0 Å². The summed E-state index contributed by atoms with van der Waals surface area (Å²) in [5.41, 5.74) is 2.14. The lowest BCUT2D eigenvalue weighted by molar-refractivity contribution is -0.115. The predicted molar refractivity (Wildman–Crippen MR) is 83.1 cm³/mol. The first-order chi connectivity index (χ1) is 9.27. The molecule has 19 heavy (non-hydrogen) atoms. The van der Waals surface area contributed by atoms with Gasteiger partial charge in [0.1, 0.15) is 0 Å². The topological polar surface area (TPSA) is 17.1 Å². The number of rotatable bonds is 9. The Morgan fingerprint density at radius 1 is 0.947 bits per heavy atom. The molecule has 0 unspecified atom stereocenters. The van der Waals surface area contributed by atoms with Gasteiger partial charge in [0.05, 0.1) is 0 Å². The second-order valence-corrected chi connectivity index (χ2v) is 5.06. The van der Waals surface area contributed by atoms with Gasteiger partial charge >= 0.3 is 0 Å². The van der Waals surface area contributed by atoms with E-state index in [1.807, 2.05) is 18.2 Å². The number of allylic oxidation sites excluding steroid dienone is 1. The Morgan fingerprint density at radius 2 is 1.63 bits per heavy atom. The summed E-state index contributed by atoms with van der Waals surface area (Å²) in [6, 6.07) is 10.2. The highest BCUT2D eigenvalue weighted by molar-refractivity contribution is 5.99. The molecule has 0 aliphatic carbocycles. The standard InChI is InChI=1S/C18H26O/c1-3-5-8-14-18(19)17(13-6-4-2)15-16-11-9-7-10-12-16/h7,9-12,15H,3-6,8,13-14H2,1-2H3/b17-15+. The molecule has 0 amide bonds. The van der Waals surface area contributed by atoms with Crippen LogP contribution < -0.4 is 0 Å². The molecule has 1 rings (SSSR count). The highest BCUT2D eigenvalue weighted by atomic mass is 16.1. The molecule has 0 spiro atoms. The molecule has 1 aromatic carbocycles. The normalized spacial score (nSPS) is 11.6. The van der Waals surface area contributed by atoms with Gasteiger partial charge < -0.3 is 0 Å². The van der Waals surface area contributed by atoms with Crippen molar-refractivity contribution in [2.75, 3.05) is 0 Å². The van der Waals surface area contributed by atoms with Gasteiger partial charge in [-0.05, 0) is 36.5 Å². The largest absolute Gasteiger partial charge is 0.295 e. The van der Waals surface area contributed by atoms with Crippen molar-refractivity contribution in [2.24, 2.45) is 0 Å². The van der Waals surface area contributed by atoms with Crippen LogP contribution >= 0.6 is 0 Å². The molecule has 0 atom stereocenters. The van der Waals surface area contributed by atoms with Crippen LogP contribution in [-0.4, -0.2) is 5.78 Å². The Balaban J connectivity index is 2.70. The maximum Gasteiger partial charge on any atom is 0.158 e. The third kappa shape index (κ3) is 6.37. The average molecular weight is 258 g/mol. The summed E-state index contributed by atoms with van der Waals surface area (Å²) in [4.78, 5) is 12.3. The van der Waals surface area contributed by atoms with Crippen LogP contribution in [0.15, 0.2) is 35.9 Å². The van der Waals surface area contributed by atoms with E-state index in [0.717, 1.165) is 43.2 Å². The molecule has 0 heterocycles. The zero-order chi connectivity index (χ0) is 13.9. The smallest absolute Gasteiger partial charge is 0.158 e. The minimum absolute atomic E-state index is 0.339. The first-order valence-electron chi connectivity index (χ1n) is 7.56. The fraction of sp³-hybridized carbons (Fsp3) is 0.500. The van der Waals surface area contributed by atoms with E-state index in [-0.39, 0.29) is 0 Å². The lowest BCUT2D eigenvalue weighted by Gasteiger charge is -2.06. The van der Waals surface area contributed by atoms with Crippen molar-refractivity contribution in [1.29, 1.82) is 0 Å². The van der Waals surface area contributed by atoms with Crippen LogP contribution in [0, 0.1) is 0 Å². The van der Waals surface area contributed by atoms with E-state index in [1.54, 1.807) is 0 Å². The average Bonchev–Trinajstić information content (AvgIpc) is 2.44. The van der Waals surface area contributed by atoms with Crippen molar-refractivity contribution >= 4 is 11.9 Å². The van der Waals surface area contributed by atoms with E-state index >= 15 is 0 Å². The fourth-order valence-corrected chi connectivity index (χ4v) is 2.11. The zero-order valence-corrected chi connectivity index (χ0v) is 12.3. The first-order valence-corrected chi connectivity index (χ1v) is 7.56. The number of hydrogen-bond donors (Lipinski definition) is 0. The van der Waals surface area contributed by atoms with Crippen molar-refractivity contribution in [1.82, 2.24) is 0 Å². The van der Waals surface area contributed by atoms with Gasteiger partial charge in [-0.25, -0.2) is 0 Å². The third-order valence-electron chi connectivity index (χ3n) is 3.31. The van der Waals surface area contributed by atoms with Gasteiger partial charge in [-0.15, -0.1) is 0 Å². The van der Waals surface area contributed by atoms with E-state index in [1.165, 1.54) is 6.42 Å². The number of carbonyl (C=O) groups is 1. The first kappa shape index (κ1) is 15.7. The highest BCUT2D eigenvalue weighted by Gasteiger charge is 2.08. The molecule has 0 aromatic heterocycles. The minimum atomic E-state index is 0.339. The molecule has 0 saturated carbocycles. The predicted octanol–water partition coefficient (Wildman–Crippen LogP) is 5.41. The van der Waals surface area contributed by atoms with Gasteiger partial charge in [0.15, 0.2) is 5.78 Å². The lowest BCUT2D eigenvalue weighted by Crippen LogP contribution is -2.02. The summed E-state index contributed by atoms with van der Waals surface area (Å²) < 4.78 is 0. The van der Waals surface area contributed by atoms with Crippen molar-refractivity contribution in [3.05, 3.63) is 41.5 Å². The minimum Gasteiger partial charge on any atom is -0.295 e. The molecule has 0 bridgehead atoms. The van der Waals surface area contributed by atoms with Crippen molar-refractivity contribution in [3.8, 4) is 0 Å². The van der Waals surface area contributed by atoms with Crippen LogP contribution in [0.4, 0.5) is 0 Å². The molecular formula is C18H26O. The number of Topliss-reactive ketones (excluding diaryl/α,β-unsaturated/α-hetero) is 1. The number of benzene rings is 1. The summed E-state index contributed by atoms with van der Waals surface area (Å²) >= 11 is 0. The molecule has 0 radical (unpaired) electrons. The second kappa shape index (κ2) is 9.55. The molecule has 1 nitrogen and oxygen atoms in total. The van der Waals surface area contributed by atoms with Gasteiger partial charge in [0.2, 0.25) is 0 Å². The van der Waals surface area contributed by atoms with Crippen LogP contribution in [0.1, 0.15) is 64.4 Å². The quantitative estimate of drug-likeness (QED) is 0.427. The highest BCUT2D eigenvalue weighted by Crippen LogP contribution is 2.17. The summed E-state index contributed by atoms with van der Waals surface area (Å²) in [6.07, 6.45) is 9.26. The molecule has 1 heteroatoms. The van der Waals surface area contributed by atoms with Crippen molar-refractivity contribution < 1.29 is 4.79 Å². The number of carbonyl (C=O) groups excluding carboxylic acids is 1. The van der Waals surface area contributed by atoms with E-state index in [4.69, 9.17) is 0 Å². The van der Waals surface area contributed by atoms with E-state index < -0.39 is 0 Å². The summed E-state index contributed by atoms with van der Waals surface area (Å²) in [5, 5.41) is 0. The number of hydrogen-bond acceptors (Lipinski definition) is 1. The Hall–Kier alpha value is -1.37. The molecule has 1 aromatic rings. The molecule has 104 valence electrons. The van der Waals surface area contributed by atoms with Crippen molar-refractivity contribution in [2.45, 2.75) is 58.8 Å². The second-order valence-electron chi connectivity index (χ2n) is 5.06. The monoisotopic (exact) mass is 258 g/mol. The Morgan fingerprint density at radius 3 is 2.26 bits per heavy atom. The number of unbranched alkanes of at least 4 members (excludes halogenated alkanes) is 3. The van der Waals surface area contributed by atoms with Gasteiger partial charge in [-0.1, -0.05) is 63.4 Å². The summed E-state index contributed by atoms with van der Waals surface area (Å²) in [6.45, 7) is 4.34. The Kier molecular flexibility index (Phi) is 7.88. The maximum absolute atomic E-state index is 12.3. The molecule has 0 aliphatic rings. The molecule has 0 fully saturated rings. The lowest BCUT2D eigenvalue weighted by atomic mass is 9.98. The van der Waals surface area contributed by atoms with Gasteiger partial charge in [0, 0.05) is 6.42 Å². The summed E-state index contributed by atoms with van der Waals surface area (Å²) in [5.74, 6) is 0.339. The van der Waals surface area contributed by atoms with E-state index in [2.05, 4.69) is 32.1 Å². The zero-order valence-electron chi connectivity index (χ0n) is 12.3. The molecule has 0 N–H and O–H groups in total. The summed E-state index contributed by atoms with van der Waals surface area (Å²) in [7, 11) is 0. The van der Waals surface area contributed by atoms with Gasteiger partial charge in [-0.3, -0.25) is 4.79 Å². The third-order valence-corrected chi connectivity index (χ3v) is 3.31. The molecule has 0 saturated heterocycles. The van der Waals surface area contributed by atoms with Crippen LogP contribution in [-0.2, 0) is 4.79 Å². The molecule has 0 aliphatic heterocycles. The SMILES string of the molecule is CCCCCC(=O)/C(=C/c1ccccc1)CCCC. The van der Waals surface area contributed by atoms with Crippen LogP contribution in [0.5, 0.6) is 0 Å². The van der Waals surface area contributed by atoms with Gasteiger partial charge in [0.25, 0.3) is 0 Å². The van der Waals surface area contributed by atoms with Crippen molar-refractivity contribution in [3.63, 3.8) is 0 Å². The Bertz CT molecular complexity index is 389. The fourth-order valence-electron chi connectivity index (χ4n) is 2.11. The molecular weight excluding hydrogens is 232 g/mol.